The van der Waals surface area contributed by atoms with Crippen LogP contribution in [-0.4, -0.2) is 37.5 Å². The van der Waals surface area contributed by atoms with Gasteiger partial charge in [0.2, 0.25) is 0 Å². The van der Waals surface area contributed by atoms with E-state index in [-0.39, 0.29) is 0 Å². The summed E-state index contributed by atoms with van der Waals surface area (Å²) in [7, 11) is 1.08. The van der Waals surface area contributed by atoms with E-state index in [0.717, 1.165) is 13.2 Å². The van der Waals surface area contributed by atoms with Gasteiger partial charge < -0.3 is 9.47 Å². The molecule has 0 spiro atoms. The molecule has 4 nitrogen and oxygen atoms in total. The van der Waals surface area contributed by atoms with Crippen LogP contribution in [0, 0.1) is 17.3 Å². The third kappa shape index (κ3) is 3.23. The number of methoxy groups -OCH3 is 1. The third-order valence-electron chi connectivity index (χ3n) is 4.07. The lowest BCUT2D eigenvalue weighted by atomic mass is 10.0. The second-order valence-electron chi connectivity index (χ2n) is 5.88. The molecule has 138 valence electrons. The van der Waals surface area contributed by atoms with Gasteiger partial charge in [0.05, 0.1) is 13.0 Å². The van der Waals surface area contributed by atoms with Crippen LogP contribution >= 0.6 is 0 Å². The average Bonchev–Trinajstić information content (AvgIpc) is 2.99. The van der Waals surface area contributed by atoms with Crippen molar-refractivity contribution in [3.8, 4) is 0 Å². The highest BCUT2D eigenvalue weighted by atomic mass is 19.4. The molecule has 3 atom stereocenters. The average molecular weight is 362 g/mol. The smallest absolute Gasteiger partial charge is 0.466 e. The Hall–Kier alpha value is -1.74. The highest BCUT2D eigenvalue weighted by Crippen LogP contribution is 2.62. The molecule has 0 aromatic heterocycles. The summed E-state index contributed by atoms with van der Waals surface area (Å²) in [6.07, 6.45) is -9.74. The molecule has 0 heterocycles. The zero-order chi connectivity index (χ0) is 19.1. The van der Waals surface area contributed by atoms with E-state index < -0.39 is 53.2 Å². The molecule has 0 aromatic carbocycles. The topological polar surface area (TPSA) is 52.6 Å². The van der Waals surface area contributed by atoms with Crippen LogP contribution in [0.25, 0.3) is 0 Å². The first kappa shape index (κ1) is 20.3. The second kappa shape index (κ2) is 6.29. The maximum atomic E-state index is 13.5. The zero-order valence-corrected chi connectivity index (χ0v) is 13.2. The van der Waals surface area contributed by atoms with Gasteiger partial charge in [-0.25, -0.2) is 13.6 Å². The molecular formula is C14H16F6O4. The summed E-state index contributed by atoms with van der Waals surface area (Å²) in [5.41, 5.74) is -1.38. The minimum Gasteiger partial charge on any atom is -0.469 e. The van der Waals surface area contributed by atoms with Crippen molar-refractivity contribution in [3.05, 3.63) is 11.6 Å². The predicted molar refractivity (Wildman–Crippen MR) is 68.5 cm³/mol. The van der Waals surface area contributed by atoms with Crippen LogP contribution in [0.4, 0.5) is 26.3 Å². The predicted octanol–water partition coefficient (Wildman–Crippen LogP) is 3.41. The molecule has 0 N–H and O–H groups in total. The Balaban J connectivity index is 3.08. The molecule has 0 aromatic rings. The molecule has 1 aliphatic carbocycles. The molecule has 0 amide bonds. The standard InChI is InChI=1S/C14H16F6O4/c1-5-6(7-8(10(22)23-4)12(7,2)3)9(21)24-13(17,11(15)16)14(18,19)20/h5,7-8,11H,1-4H3/b6-5+. The molecule has 24 heavy (non-hydrogen) atoms. The first-order chi connectivity index (χ1) is 10.8. The van der Waals surface area contributed by atoms with Gasteiger partial charge in [-0.05, 0) is 12.3 Å². The number of ether oxygens (including phenoxy) is 2. The highest BCUT2D eigenvalue weighted by Gasteiger charge is 2.69. The summed E-state index contributed by atoms with van der Waals surface area (Å²) >= 11 is 0. The SMILES string of the molecule is C/C=C(/C(=O)OC(F)(C(F)F)C(F)(F)F)C1C(C(=O)OC)C1(C)C. The van der Waals surface area contributed by atoms with Crippen LogP contribution in [0.3, 0.4) is 0 Å². The van der Waals surface area contributed by atoms with E-state index >= 15 is 0 Å². The van der Waals surface area contributed by atoms with Crippen molar-refractivity contribution >= 4 is 11.9 Å². The lowest BCUT2D eigenvalue weighted by molar-refractivity contribution is -0.354. The summed E-state index contributed by atoms with van der Waals surface area (Å²) in [6.45, 7) is 4.28. The minimum atomic E-state index is -6.11. The van der Waals surface area contributed by atoms with Crippen LogP contribution in [-0.2, 0) is 19.1 Å². The Kier molecular flexibility index (Phi) is 5.32. The van der Waals surface area contributed by atoms with Gasteiger partial charge in [-0.2, -0.15) is 17.6 Å². The quantitative estimate of drug-likeness (QED) is 0.427. The Bertz CT molecular complexity index is 554. The Morgan fingerprint density at radius 2 is 1.62 bits per heavy atom. The molecule has 0 aliphatic heterocycles. The number of hydrogen-bond acceptors (Lipinski definition) is 4. The molecule has 1 rings (SSSR count). The number of esters is 2. The van der Waals surface area contributed by atoms with E-state index in [1.807, 2.05) is 0 Å². The van der Waals surface area contributed by atoms with Crippen LogP contribution in [0.15, 0.2) is 11.6 Å². The van der Waals surface area contributed by atoms with E-state index in [2.05, 4.69) is 9.47 Å². The normalized spacial score (nSPS) is 25.9. The van der Waals surface area contributed by atoms with Gasteiger partial charge in [-0.1, -0.05) is 19.9 Å². The lowest BCUT2D eigenvalue weighted by Gasteiger charge is -2.27. The van der Waals surface area contributed by atoms with Crippen LogP contribution in [0.5, 0.6) is 0 Å². The summed E-state index contributed by atoms with van der Waals surface area (Å²) in [4.78, 5) is 23.5. The van der Waals surface area contributed by atoms with Crippen LogP contribution in [0.2, 0.25) is 0 Å². The van der Waals surface area contributed by atoms with Gasteiger partial charge in [0.25, 0.3) is 0 Å². The number of carbonyl (C=O) groups excluding carboxylic acids is 2. The van der Waals surface area contributed by atoms with Crippen molar-refractivity contribution in [2.24, 2.45) is 17.3 Å². The van der Waals surface area contributed by atoms with Gasteiger partial charge in [-0.15, -0.1) is 0 Å². The van der Waals surface area contributed by atoms with Gasteiger partial charge in [0.15, 0.2) is 0 Å². The molecule has 3 unspecified atom stereocenters. The minimum absolute atomic E-state index is 0.498. The van der Waals surface area contributed by atoms with E-state index in [4.69, 9.17) is 0 Å². The number of halogens is 6. The zero-order valence-electron chi connectivity index (χ0n) is 13.2. The first-order valence-corrected chi connectivity index (χ1v) is 6.76. The maximum absolute atomic E-state index is 13.5. The number of hydrogen-bond donors (Lipinski definition) is 0. The number of alkyl halides is 6. The van der Waals surface area contributed by atoms with Gasteiger partial charge >= 0.3 is 30.4 Å². The Morgan fingerprint density at radius 1 is 1.12 bits per heavy atom. The van der Waals surface area contributed by atoms with Crippen molar-refractivity contribution in [1.29, 1.82) is 0 Å². The molecule has 0 radical (unpaired) electrons. The summed E-state index contributed by atoms with van der Waals surface area (Å²) < 4.78 is 83.9. The number of rotatable bonds is 5. The fraction of sp³-hybridized carbons (Fsp3) is 0.714. The number of carbonyl (C=O) groups is 2. The lowest BCUT2D eigenvalue weighted by Crippen LogP contribution is -2.51. The Labute approximate surface area is 133 Å². The van der Waals surface area contributed by atoms with Crippen LogP contribution < -0.4 is 0 Å². The maximum Gasteiger partial charge on any atom is 0.466 e. The largest absolute Gasteiger partial charge is 0.469 e. The van der Waals surface area contributed by atoms with Crippen LogP contribution in [0.1, 0.15) is 20.8 Å². The molecule has 1 fully saturated rings. The molecular weight excluding hydrogens is 346 g/mol. The van der Waals surface area contributed by atoms with Crippen molar-refractivity contribution in [1.82, 2.24) is 0 Å². The molecule has 0 saturated heterocycles. The van der Waals surface area contributed by atoms with Gasteiger partial charge in [0.1, 0.15) is 0 Å². The third-order valence-corrected chi connectivity index (χ3v) is 4.07. The van der Waals surface area contributed by atoms with Crippen molar-refractivity contribution < 1.29 is 45.4 Å². The van der Waals surface area contributed by atoms with E-state index in [1.165, 1.54) is 20.8 Å². The highest BCUT2D eigenvalue weighted by molar-refractivity contribution is 5.93. The monoisotopic (exact) mass is 362 g/mol. The van der Waals surface area contributed by atoms with E-state index in [9.17, 15) is 35.9 Å². The summed E-state index contributed by atoms with van der Waals surface area (Å²) in [5, 5.41) is 0. The van der Waals surface area contributed by atoms with Crippen molar-refractivity contribution in [2.75, 3.05) is 7.11 Å². The molecule has 1 aliphatic rings. The number of allylic oxidation sites excluding steroid dienone is 1. The molecule has 10 heteroatoms. The molecule has 1 saturated carbocycles. The summed E-state index contributed by atoms with van der Waals surface area (Å²) in [5.74, 6) is -9.88. The first-order valence-electron chi connectivity index (χ1n) is 6.76. The summed E-state index contributed by atoms with van der Waals surface area (Å²) in [6, 6.07) is 0. The second-order valence-corrected chi connectivity index (χ2v) is 5.88. The van der Waals surface area contributed by atoms with Gasteiger partial charge in [0, 0.05) is 11.5 Å². The van der Waals surface area contributed by atoms with Crippen molar-refractivity contribution in [3.63, 3.8) is 0 Å². The fourth-order valence-corrected chi connectivity index (χ4v) is 2.63. The van der Waals surface area contributed by atoms with E-state index in [0.29, 0.717) is 0 Å². The molecule has 0 bridgehead atoms. The Morgan fingerprint density at radius 3 is 1.96 bits per heavy atom. The van der Waals surface area contributed by atoms with Gasteiger partial charge in [-0.3, -0.25) is 4.79 Å². The van der Waals surface area contributed by atoms with Crippen molar-refractivity contribution in [2.45, 2.75) is 39.2 Å². The van der Waals surface area contributed by atoms with E-state index in [1.54, 1.807) is 0 Å². The fourth-order valence-electron chi connectivity index (χ4n) is 2.63.